The van der Waals surface area contributed by atoms with E-state index in [2.05, 4.69) is 35.1 Å². The summed E-state index contributed by atoms with van der Waals surface area (Å²) in [6.07, 6.45) is 1.01. The zero-order chi connectivity index (χ0) is 11.8. The monoisotopic (exact) mass is 285 g/mol. The van der Waals surface area contributed by atoms with E-state index in [1.165, 1.54) is 5.56 Å². The van der Waals surface area contributed by atoms with Gasteiger partial charge in [0.25, 0.3) is 0 Å². The summed E-state index contributed by atoms with van der Waals surface area (Å²) in [6.45, 7) is 6.65. The van der Waals surface area contributed by atoms with Gasteiger partial charge in [-0.15, -0.1) is 0 Å². The molecule has 1 aromatic carbocycles. The predicted octanol–water partition coefficient (Wildman–Crippen LogP) is 3.38. The molecule has 1 heterocycles. The van der Waals surface area contributed by atoms with Crippen LogP contribution in [0.3, 0.4) is 0 Å². The van der Waals surface area contributed by atoms with Crippen LogP contribution in [0.1, 0.15) is 19.4 Å². The standard InChI is InChI=1S/C13H17BrFN/c1-9(2)13(7-16-8-13)6-10-3-4-11(15)5-12(10)14/h3-5,9,16H,6-8H2,1-2H3. The number of halogens is 2. The van der Waals surface area contributed by atoms with Gasteiger partial charge in [-0.1, -0.05) is 35.8 Å². The van der Waals surface area contributed by atoms with Crippen molar-refractivity contribution < 1.29 is 4.39 Å². The summed E-state index contributed by atoms with van der Waals surface area (Å²) in [5.74, 6) is 0.464. The lowest BCUT2D eigenvalue weighted by molar-refractivity contribution is 0.0992. The first-order chi connectivity index (χ1) is 7.53. The molecule has 1 N–H and O–H groups in total. The first kappa shape index (κ1) is 12.1. The molecule has 88 valence electrons. The van der Waals surface area contributed by atoms with E-state index in [9.17, 15) is 4.39 Å². The lowest BCUT2D eigenvalue weighted by Gasteiger charge is -2.46. The number of hydrogen-bond donors (Lipinski definition) is 1. The molecule has 1 aliphatic heterocycles. The molecular formula is C13H17BrFN. The van der Waals surface area contributed by atoms with Gasteiger partial charge in [0, 0.05) is 23.0 Å². The minimum atomic E-state index is -0.180. The van der Waals surface area contributed by atoms with E-state index in [1.807, 2.05) is 6.07 Å². The molecule has 0 spiro atoms. The zero-order valence-corrected chi connectivity index (χ0v) is 11.3. The van der Waals surface area contributed by atoms with E-state index in [1.54, 1.807) is 12.1 Å². The molecule has 1 aliphatic rings. The van der Waals surface area contributed by atoms with Gasteiger partial charge in [-0.25, -0.2) is 4.39 Å². The van der Waals surface area contributed by atoms with Crippen molar-refractivity contribution in [2.75, 3.05) is 13.1 Å². The van der Waals surface area contributed by atoms with Crippen molar-refractivity contribution in [3.05, 3.63) is 34.1 Å². The maximum atomic E-state index is 13.0. The number of hydrogen-bond acceptors (Lipinski definition) is 1. The van der Waals surface area contributed by atoms with E-state index < -0.39 is 0 Å². The Kier molecular flexibility index (Phi) is 3.36. The van der Waals surface area contributed by atoms with Crippen LogP contribution in [0.25, 0.3) is 0 Å². The highest BCUT2D eigenvalue weighted by atomic mass is 79.9. The molecule has 0 aromatic heterocycles. The third-order valence-electron chi connectivity index (χ3n) is 3.74. The van der Waals surface area contributed by atoms with Crippen LogP contribution >= 0.6 is 15.9 Å². The van der Waals surface area contributed by atoms with Crippen LogP contribution in [-0.4, -0.2) is 13.1 Å². The van der Waals surface area contributed by atoms with Crippen LogP contribution in [0.5, 0.6) is 0 Å². The van der Waals surface area contributed by atoms with Crippen molar-refractivity contribution in [3.63, 3.8) is 0 Å². The van der Waals surface area contributed by atoms with Crippen LogP contribution in [0.2, 0.25) is 0 Å². The quantitative estimate of drug-likeness (QED) is 0.898. The van der Waals surface area contributed by atoms with Crippen molar-refractivity contribution in [1.82, 2.24) is 5.32 Å². The maximum Gasteiger partial charge on any atom is 0.124 e. The van der Waals surface area contributed by atoms with Gasteiger partial charge in [0.2, 0.25) is 0 Å². The van der Waals surface area contributed by atoms with Gasteiger partial charge >= 0.3 is 0 Å². The molecule has 0 bridgehead atoms. The average Bonchev–Trinajstić information content (AvgIpc) is 2.13. The Morgan fingerprint density at radius 1 is 1.44 bits per heavy atom. The van der Waals surface area contributed by atoms with E-state index in [0.29, 0.717) is 11.3 Å². The second kappa shape index (κ2) is 4.46. The highest BCUT2D eigenvalue weighted by Gasteiger charge is 2.40. The molecule has 1 aromatic rings. The van der Waals surface area contributed by atoms with E-state index in [4.69, 9.17) is 0 Å². The van der Waals surface area contributed by atoms with Crippen LogP contribution in [0.4, 0.5) is 4.39 Å². The summed E-state index contributed by atoms with van der Waals surface area (Å²) in [5, 5.41) is 3.35. The van der Waals surface area contributed by atoms with Crippen molar-refractivity contribution >= 4 is 15.9 Å². The van der Waals surface area contributed by atoms with Crippen molar-refractivity contribution in [1.29, 1.82) is 0 Å². The maximum absolute atomic E-state index is 13.0. The molecule has 0 amide bonds. The van der Waals surface area contributed by atoms with Crippen LogP contribution < -0.4 is 5.32 Å². The van der Waals surface area contributed by atoms with Crippen molar-refractivity contribution in [2.24, 2.45) is 11.3 Å². The van der Waals surface area contributed by atoms with E-state index in [0.717, 1.165) is 24.0 Å². The van der Waals surface area contributed by atoms with Gasteiger partial charge in [-0.2, -0.15) is 0 Å². The second-order valence-electron chi connectivity index (χ2n) is 5.03. The molecule has 0 unspecified atom stereocenters. The summed E-state index contributed by atoms with van der Waals surface area (Å²) in [5.41, 5.74) is 1.55. The summed E-state index contributed by atoms with van der Waals surface area (Å²) in [6, 6.07) is 4.98. The lowest BCUT2D eigenvalue weighted by Crippen LogP contribution is -2.57. The molecule has 0 radical (unpaired) electrons. The largest absolute Gasteiger partial charge is 0.315 e. The predicted molar refractivity (Wildman–Crippen MR) is 67.9 cm³/mol. The van der Waals surface area contributed by atoms with Gasteiger partial charge in [-0.3, -0.25) is 0 Å². The molecule has 0 atom stereocenters. The van der Waals surface area contributed by atoms with E-state index >= 15 is 0 Å². The Bertz CT molecular complexity index is 386. The molecule has 1 saturated heterocycles. The van der Waals surface area contributed by atoms with Gasteiger partial charge in [0.05, 0.1) is 0 Å². The topological polar surface area (TPSA) is 12.0 Å². The molecule has 3 heteroatoms. The number of rotatable bonds is 3. The Hall–Kier alpha value is -0.410. The highest BCUT2D eigenvalue weighted by molar-refractivity contribution is 9.10. The second-order valence-corrected chi connectivity index (χ2v) is 5.89. The van der Waals surface area contributed by atoms with E-state index in [-0.39, 0.29) is 5.82 Å². The first-order valence-corrected chi connectivity index (χ1v) is 6.47. The van der Waals surface area contributed by atoms with Gasteiger partial charge in [0.15, 0.2) is 0 Å². The molecular weight excluding hydrogens is 269 g/mol. The molecule has 2 rings (SSSR count). The van der Waals surface area contributed by atoms with Crippen LogP contribution in [-0.2, 0) is 6.42 Å². The van der Waals surface area contributed by atoms with Crippen LogP contribution in [0.15, 0.2) is 22.7 Å². The fraction of sp³-hybridized carbons (Fsp3) is 0.538. The molecule has 1 fully saturated rings. The molecule has 0 aliphatic carbocycles. The third-order valence-corrected chi connectivity index (χ3v) is 4.47. The fourth-order valence-electron chi connectivity index (χ4n) is 2.23. The SMILES string of the molecule is CC(C)C1(Cc2ccc(F)cc2Br)CNC1. The zero-order valence-electron chi connectivity index (χ0n) is 9.69. The fourth-order valence-corrected chi connectivity index (χ4v) is 2.72. The highest BCUT2D eigenvalue weighted by Crippen LogP contribution is 2.37. The molecule has 0 saturated carbocycles. The minimum Gasteiger partial charge on any atom is -0.315 e. The van der Waals surface area contributed by atoms with Gasteiger partial charge in [0.1, 0.15) is 5.82 Å². The normalized spacial score (nSPS) is 18.6. The number of nitrogens with one attached hydrogen (secondary N) is 1. The summed E-state index contributed by atoms with van der Waals surface area (Å²) in [7, 11) is 0. The van der Waals surface area contributed by atoms with Crippen molar-refractivity contribution in [2.45, 2.75) is 20.3 Å². The Balaban J connectivity index is 2.20. The summed E-state index contributed by atoms with van der Waals surface area (Å²) in [4.78, 5) is 0. The minimum absolute atomic E-state index is 0.180. The third kappa shape index (κ3) is 2.16. The Labute approximate surface area is 105 Å². The number of benzene rings is 1. The molecule has 1 nitrogen and oxygen atoms in total. The smallest absolute Gasteiger partial charge is 0.124 e. The molecule has 16 heavy (non-hydrogen) atoms. The van der Waals surface area contributed by atoms with Gasteiger partial charge < -0.3 is 5.32 Å². The lowest BCUT2D eigenvalue weighted by atomic mass is 9.68. The summed E-state index contributed by atoms with van der Waals surface area (Å²) < 4.78 is 13.9. The van der Waals surface area contributed by atoms with Gasteiger partial charge in [-0.05, 0) is 30.0 Å². The van der Waals surface area contributed by atoms with Crippen molar-refractivity contribution in [3.8, 4) is 0 Å². The average molecular weight is 286 g/mol. The Morgan fingerprint density at radius 2 is 2.12 bits per heavy atom. The van der Waals surface area contributed by atoms with Crippen LogP contribution in [0, 0.1) is 17.2 Å². The summed E-state index contributed by atoms with van der Waals surface area (Å²) >= 11 is 3.44. The first-order valence-electron chi connectivity index (χ1n) is 5.68. The Morgan fingerprint density at radius 3 is 2.56 bits per heavy atom.